The van der Waals surface area contributed by atoms with Gasteiger partial charge in [0.05, 0.1) is 23.5 Å². The highest BCUT2D eigenvalue weighted by Crippen LogP contribution is 2.17. The molecule has 0 aliphatic rings. The molecule has 0 bridgehead atoms. The van der Waals surface area contributed by atoms with E-state index < -0.39 is 23.5 Å². The topological polar surface area (TPSA) is 99.9 Å². The Hall–Kier alpha value is -4.06. The number of amides is 2. The second-order valence-electron chi connectivity index (χ2n) is 5.51. The van der Waals surface area contributed by atoms with Crippen LogP contribution in [0, 0.1) is 23.0 Å². The van der Waals surface area contributed by atoms with Crippen molar-refractivity contribution in [1.29, 1.82) is 5.26 Å². The zero-order valence-corrected chi connectivity index (χ0v) is 14.3. The Morgan fingerprint density at radius 2 is 1.93 bits per heavy atom. The van der Waals surface area contributed by atoms with Crippen molar-refractivity contribution in [3.8, 4) is 12.1 Å². The average Bonchev–Trinajstić information content (AvgIpc) is 2.70. The number of para-hydroxylation sites is 1. The van der Waals surface area contributed by atoms with E-state index in [2.05, 4.69) is 20.6 Å². The maximum atomic E-state index is 13.9. The minimum absolute atomic E-state index is 0.0437. The molecular formula is C19H13F2N5O2. The average molecular weight is 381 g/mol. The van der Waals surface area contributed by atoms with Crippen molar-refractivity contribution < 1.29 is 18.3 Å². The minimum Gasteiger partial charge on any atom is -0.459 e. The Morgan fingerprint density at radius 1 is 1.11 bits per heavy atom. The number of ether oxygens (including phenoxy) is 1. The van der Waals surface area contributed by atoms with Gasteiger partial charge in [0, 0.05) is 0 Å². The normalized spacial score (nSPS) is 10.0. The van der Waals surface area contributed by atoms with Crippen LogP contribution < -0.4 is 15.4 Å². The van der Waals surface area contributed by atoms with Crippen LogP contribution >= 0.6 is 0 Å². The molecule has 0 radical (unpaired) electrons. The van der Waals surface area contributed by atoms with Crippen LogP contribution in [0.25, 0.3) is 0 Å². The van der Waals surface area contributed by atoms with Gasteiger partial charge in [0.1, 0.15) is 12.4 Å². The fraction of sp³-hybridized carbons (Fsp3) is 0.0526. The first-order chi connectivity index (χ1) is 13.5. The molecule has 0 spiro atoms. The number of carbonyl (C=O) groups excluding carboxylic acids is 1. The van der Waals surface area contributed by atoms with Crippen LogP contribution in [-0.4, -0.2) is 16.0 Å². The summed E-state index contributed by atoms with van der Waals surface area (Å²) in [4.78, 5) is 19.5. The molecule has 0 aliphatic carbocycles. The highest BCUT2D eigenvalue weighted by atomic mass is 19.1. The summed E-state index contributed by atoms with van der Waals surface area (Å²) in [6, 6.07) is 13.2. The molecule has 3 aromatic rings. The Bertz CT molecular complexity index is 1050. The molecule has 0 unspecified atom stereocenters. The number of nitrogens with one attached hydrogen (secondary N) is 2. The molecule has 28 heavy (non-hydrogen) atoms. The first-order valence-electron chi connectivity index (χ1n) is 8.02. The van der Waals surface area contributed by atoms with Crippen LogP contribution in [0.3, 0.4) is 0 Å². The number of nitriles is 1. The van der Waals surface area contributed by atoms with Crippen molar-refractivity contribution in [3.63, 3.8) is 0 Å². The van der Waals surface area contributed by atoms with Gasteiger partial charge in [-0.1, -0.05) is 24.3 Å². The van der Waals surface area contributed by atoms with Crippen molar-refractivity contribution >= 4 is 17.5 Å². The first kappa shape index (κ1) is 18.7. The molecule has 0 saturated heterocycles. The number of halogens is 2. The number of aromatic nitrogens is 2. The van der Waals surface area contributed by atoms with Gasteiger partial charge in [-0.15, -0.1) is 0 Å². The number of carbonyl (C=O) groups is 1. The Labute approximate surface area is 158 Å². The monoisotopic (exact) mass is 381 g/mol. The molecule has 140 valence electrons. The largest absolute Gasteiger partial charge is 0.459 e. The van der Waals surface area contributed by atoms with Gasteiger partial charge in [-0.3, -0.25) is 5.32 Å². The summed E-state index contributed by atoms with van der Waals surface area (Å²) in [5.74, 6) is -1.95. The summed E-state index contributed by atoms with van der Waals surface area (Å²) < 4.78 is 32.8. The number of anilines is 2. The fourth-order valence-corrected chi connectivity index (χ4v) is 2.21. The predicted molar refractivity (Wildman–Crippen MR) is 96.5 cm³/mol. The van der Waals surface area contributed by atoms with Crippen LogP contribution in [0.15, 0.2) is 54.7 Å². The maximum Gasteiger partial charge on any atom is 0.325 e. The molecule has 0 aliphatic heterocycles. The molecule has 2 amide bonds. The van der Waals surface area contributed by atoms with E-state index in [0.29, 0.717) is 11.1 Å². The summed E-state index contributed by atoms with van der Waals surface area (Å²) >= 11 is 0. The second kappa shape index (κ2) is 8.55. The molecule has 2 aromatic carbocycles. The molecule has 9 heteroatoms. The van der Waals surface area contributed by atoms with E-state index in [4.69, 9.17) is 10.00 Å². The number of benzene rings is 2. The number of urea groups is 1. The van der Waals surface area contributed by atoms with Crippen molar-refractivity contribution in [2.75, 3.05) is 10.6 Å². The number of hydrogen-bond acceptors (Lipinski definition) is 5. The Balaban J connectivity index is 1.66. The van der Waals surface area contributed by atoms with Gasteiger partial charge in [0.25, 0.3) is 0 Å². The van der Waals surface area contributed by atoms with Crippen molar-refractivity contribution in [2.45, 2.75) is 6.61 Å². The molecule has 1 heterocycles. The van der Waals surface area contributed by atoms with Gasteiger partial charge >= 0.3 is 12.0 Å². The van der Waals surface area contributed by atoms with Crippen molar-refractivity contribution in [1.82, 2.24) is 9.97 Å². The van der Waals surface area contributed by atoms with Gasteiger partial charge < -0.3 is 10.1 Å². The number of rotatable bonds is 5. The van der Waals surface area contributed by atoms with Gasteiger partial charge in [-0.05, 0) is 29.8 Å². The van der Waals surface area contributed by atoms with E-state index in [9.17, 15) is 13.6 Å². The number of hydrogen-bond donors (Lipinski definition) is 2. The van der Waals surface area contributed by atoms with Crippen LogP contribution in [0.4, 0.5) is 25.1 Å². The van der Waals surface area contributed by atoms with E-state index in [0.717, 1.165) is 6.20 Å². The molecular weight excluding hydrogens is 368 g/mol. The zero-order chi connectivity index (χ0) is 19.9. The lowest BCUT2D eigenvalue weighted by atomic mass is 10.1. The zero-order valence-electron chi connectivity index (χ0n) is 14.3. The molecule has 0 fully saturated rings. The third-order valence-electron chi connectivity index (χ3n) is 3.50. The van der Waals surface area contributed by atoms with E-state index in [-0.39, 0.29) is 18.3 Å². The highest BCUT2D eigenvalue weighted by molar-refractivity contribution is 5.99. The van der Waals surface area contributed by atoms with Gasteiger partial charge in [-0.2, -0.15) is 10.2 Å². The lowest BCUT2D eigenvalue weighted by molar-refractivity contribution is 0.261. The lowest BCUT2D eigenvalue weighted by Crippen LogP contribution is -2.21. The third kappa shape index (κ3) is 4.76. The summed E-state index contributed by atoms with van der Waals surface area (Å²) in [6.07, 6.45) is 0.840. The van der Waals surface area contributed by atoms with Crippen molar-refractivity contribution in [3.05, 3.63) is 77.5 Å². The molecule has 7 nitrogen and oxygen atoms in total. The maximum absolute atomic E-state index is 13.9. The molecule has 1 aromatic heterocycles. The fourth-order valence-electron chi connectivity index (χ4n) is 2.21. The first-order valence-corrected chi connectivity index (χ1v) is 8.02. The quantitative estimate of drug-likeness (QED) is 0.699. The van der Waals surface area contributed by atoms with Crippen LogP contribution in [0.5, 0.6) is 6.01 Å². The van der Waals surface area contributed by atoms with E-state index in [1.807, 2.05) is 6.07 Å². The third-order valence-corrected chi connectivity index (χ3v) is 3.50. The van der Waals surface area contributed by atoms with Crippen LogP contribution in [0.1, 0.15) is 11.1 Å². The standard InChI is InChI=1S/C19H13F2N5O2/c20-14-6-1-2-7-16(14)24-18(27)25-17-15(21)10-23-19(26-17)28-11-13-5-3-4-12(8-13)9-22/h1-8,10H,11H2,(H2,23,24,25,26,27). The lowest BCUT2D eigenvalue weighted by Gasteiger charge is -2.10. The smallest absolute Gasteiger partial charge is 0.325 e. The second-order valence-corrected chi connectivity index (χ2v) is 5.51. The van der Waals surface area contributed by atoms with Gasteiger partial charge in [0.15, 0.2) is 11.6 Å². The van der Waals surface area contributed by atoms with Gasteiger partial charge in [0.2, 0.25) is 0 Å². The SMILES string of the molecule is N#Cc1cccc(COc2ncc(F)c(NC(=O)Nc3ccccc3F)n2)c1. The highest BCUT2D eigenvalue weighted by Gasteiger charge is 2.13. The van der Waals surface area contributed by atoms with Gasteiger partial charge in [-0.25, -0.2) is 18.6 Å². The predicted octanol–water partition coefficient (Wildman–Crippen LogP) is 3.85. The summed E-state index contributed by atoms with van der Waals surface area (Å²) in [5, 5.41) is 13.3. The van der Waals surface area contributed by atoms with E-state index in [1.165, 1.54) is 24.3 Å². The van der Waals surface area contributed by atoms with Crippen LogP contribution in [0.2, 0.25) is 0 Å². The Kier molecular flexibility index (Phi) is 5.72. The summed E-state index contributed by atoms with van der Waals surface area (Å²) in [5.41, 5.74) is 1.09. The van der Waals surface area contributed by atoms with Crippen molar-refractivity contribution in [2.24, 2.45) is 0 Å². The molecule has 0 atom stereocenters. The van der Waals surface area contributed by atoms with E-state index in [1.54, 1.807) is 24.3 Å². The summed E-state index contributed by atoms with van der Waals surface area (Å²) in [6.45, 7) is 0.0437. The molecule has 3 rings (SSSR count). The number of nitrogens with zero attached hydrogens (tertiary/aromatic N) is 3. The summed E-state index contributed by atoms with van der Waals surface area (Å²) in [7, 11) is 0. The molecule has 2 N–H and O–H groups in total. The Morgan fingerprint density at radius 3 is 2.71 bits per heavy atom. The minimum atomic E-state index is -0.887. The molecule has 0 saturated carbocycles. The van der Waals surface area contributed by atoms with E-state index >= 15 is 0 Å². The van der Waals surface area contributed by atoms with Crippen LogP contribution in [-0.2, 0) is 6.61 Å².